The van der Waals surface area contributed by atoms with Crippen LogP contribution in [0, 0.1) is 0 Å². The number of ether oxygens (including phenoxy) is 1. The average molecular weight is 398 g/mol. The lowest BCUT2D eigenvalue weighted by Gasteiger charge is -2.33. The molecule has 1 aliphatic heterocycles. The van der Waals surface area contributed by atoms with Crippen molar-refractivity contribution in [1.82, 2.24) is 10.2 Å². The maximum atomic E-state index is 13.5. The van der Waals surface area contributed by atoms with E-state index < -0.39 is 5.54 Å². The zero-order valence-electron chi connectivity index (χ0n) is 16.5. The summed E-state index contributed by atoms with van der Waals surface area (Å²) >= 11 is 0. The second-order valence-electron chi connectivity index (χ2n) is 7.76. The largest absolute Gasteiger partial charge is 0.457 e. The molecule has 1 fully saturated rings. The number of imide groups is 1. The van der Waals surface area contributed by atoms with Crippen molar-refractivity contribution in [1.29, 1.82) is 0 Å². The summed E-state index contributed by atoms with van der Waals surface area (Å²) in [4.78, 5) is 27.7. The molecule has 1 heterocycles. The van der Waals surface area contributed by atoms with Gasteiger partial charge in [-0.1, -0.05) is 60.7 Å². The summed E-state index contributed by atoms with van der Waals surface area (Å²) in [5.41, 5.74) is 1.88. The van der Waals surface area contributed by atoms with Crippen molar-refractivity contribution < 1.29 is 14.3 Å². The number of urea groups is 1. The summed E-state index contributed by atoms with van der Waals surface area (Å²) in [6, 6.07) is 24.5. The number of amides is 3. The molecule has 2 aliphatic rings. The minimum absolute atomic E-state index is 0.164. The summed E-state index contributed by atoms with van der Waals surface area (Å²) in [7, 11) is 0. The predicted molar refractivity (Wildman–Crippen MR) is 113 cm³/mol. The maximum absolute atomic E-state index is 13.5. The summed E-state index contributed by atoms with van der Waals surface area (Å²) in [6.45, 7) is 0.164. The Morgan fingerprint density at radius 1 is 0.900 bits per heavy atom. The Hall–Kier alpha value is -3.60. The van der Waals surface area contributed by atoms with Crippen molar-refractivity contribution in [2.24, 2.45) is 0 Å². The molecule has 5 heteroatoms. The highest BCUT2D eigenvalue weighted by atomic mass is 16.5. The van der Waals surface area contributed by atoms with E-state index in [1.54, 1.807) is 0 Å². The average Bonchev–Trinajstić information content (AvgIpc) is 3.01. The number of hydrogen-bond donors (Lipinski definition) is 1. The molecule has 1 saturated heterocycles. The third-order valence-corrected chi connectivity index (χ3v) is 5.92. The van der Waals surface area contributed by atoms with E-state index in [1.165, 1.54) is 4.90 Å². The fourth-order valence-electron chi connectivity index (χ4n) is 4.47. The third-order valence-electron chi connectivity index (χ3n) is 5.92. The number of carbonyl (C=O) groups is 2. The van der Waals surface area contributed by atoms with Crippen molar-refractivity contribution in [3.8, 4) is 11.5 Å². The van der Waals surface area contributed by atoms with E-state index in [0.29, 0.717) is 17.9 Å². The van der Waals surface area contributed by atoms with E-state index in [2.05, 4.69) is 5.32 Å². The van der Waals surface area contributed by atoms with E-state index >= 15 is 0 Å². The molecule has 150 valence electrons. The number of para-hydroxylation sites is 2. The molecule has 30 heavy (non-hydrogen) atoms. The van der Waals surface area contributed by atoms with E-state index in [0.717, 1.165) is 29.5 Å². The first kappa shape index (κ1) is 18.4. The Kier molecular flexibility index (Phi) is 4.51. The van der Waals surface area contributed by atoms with Gasteiger partial charge in [-0.05, 0) is 48.6 Å². The van der Waals surface area contributed by atoms with Gasteiger partial charge in [-0.25, -0.2) is 4.79 Å². The Morgan fingerprint density at radius 3 is 2.50 bits per heavy atom. The minimum atomic E-state index is -0.957. The van der Waals surface area contributed by atoms with Gasteiger partial charge in [0.25, 0.3) is 5.91 Å². The Labute approximate surface area is 175 Å². The monoisotopic (exact) mass is 398 g/mol. The van der Waals surface area contributed by atoms with Crippen LogP contribution >= 0.6 is 0 Å². The second kappa shape index (κ2) is 7.34. The molecule has 3 aromatic carbocycles. The summed E-state index contributed by atoms with van der Waals surface area (Å²) in [5.74, 6) is 1.16. The van der Waals surface area contributed by atoms with Gasteiger partial charge in [0.2, 0.25) is 0 Å². The first-order valence-corrected chi connectivity index (χ1v) is 10.2. The standard InChI is InChI=1S/C25H22N2O3/c28-23-25(16-8-11-18-9-4-6-14-21(18)25)26-24(29)27(23)17-19-10-5-7-15-22(19)30-20-12-2-1-3-13-20/h1-7,9-10,12-15H,8,11,16-17H2,(H,26,29)/t25-/m1/s1. The van der Waals surface area contributed by atoms with Crippen molar-refractivity contribution in [3.05, 3.63) is 95.6 Å². The maximum Gasteiger partial charge on any atom is 0.325 e. The highest BCUT2D eigenvalue weighted by Gasteiger charge is 2.53. The quantitative estimate of drug-likeness (QED) is 0.645. The molecule has 1 N–H and O–H groups in total. The van der Waals surface area contributed by atoms with E-state index in [4.69, 9.17) is 4.74 Å². The topological polar surface area (TPSA) is 58.6 Å². The first-order chi connectivity index (χ1) is 14.7. The van der Waals surface area contributed by atoms with Crippen LogP contribution in [-0.4, -0.2) is 16.8 Å². The molecular weight excluding hydrogens is 376 g/mol. The number of nitrogens with zero attached hydrogens (tertiary/aromatic N) is 1. The van der Waals surface area contributed by atoms with Gasteiger partial charge in [0.05, 0.1) is 6.54 Å². The SMILES string of the molecule is O=C1N[C@@]2(CCCc3ccccc32)C(=O)N1Cc1ccccc1Oc1ccccc1. The minimum Gasteiger partial charge on any atom is -0.457 e. The van der Waals surface area contributed by atoms with Crippen molar-refractivity contribution in [2.75, 3.05) is 0 Å². The van der Waals surface area contributed by atoms with Crippen LogP contribution in [0.15, 0.2) is 78.9 Å². The smallest absolute Gasteiger partial charge is 0.325 e. The predicted octanol–water partition coefficient (Wildman–Crippen LogP) is 4.76. The highest BCUT2D eigenvalue weighted by Crippen LogP contribution is 2.40. The van der Waals surface area contributed by atoms with Gasteiger partial charge < -0.3 is 10.1 Å². The van der Waals surface area contributed by atoms with Gasteiger partial charge in [-0.2, -0.15) is 0 Å². The van der Waals surface area contributed by atoms with Crippen LogP contribution in [0.3, 0.4) is 0 Å². The number of hydrogen-bond acceptors (Lipinski definition) is 3. The third kappa shape index (κ3) is 3.03. The lowest BCUT2D eigenvalue weighted by Crippen LogP contribution is -2.46. The molecule has 0 bridgehead atoms. The molecule has 1 aliphatic carbocycles. The molecule has 1 atom stereocenters. The van der Waals surface area contributed by atoms with Crippen LogP contribution in [0.2, 0.25) is 0 Å². The Bertz CT molecular complexity index is 1110. The molecule has 3 amide bonds. The molecule has 0 saturated carbocycles. The number of nitrogens with one attached hydrogen (secondary N) is 1. The van der Waals surface area contributed by atoms with Gasteiger partial charge in [-0.3, -0.25) is 9.69 Å². The lowest BCUT2D eigenvalue weighted by molar-refractivity contribution is -0.132. The summed E-state index contributed by atoms with van der Waals surface area (Å²) < 4.78 is 6.01. The molecule has 1 spiro atoms. The first-order valence-electron chi connectivity index (χ1n) is 10.2. The number of fused-ring (bicyclic) bond motifs is 2. The second-order valence-corrected chi connectivity index (χ2v) is 7.76. The highest BCUT2D eigenvalue weighted by molar-refractivity contribution is 6.07. The number of rotatable bonds is 4. The van der Waals surface area contributed by atoms with Crippen LogP contribution in [0.1, 0.15) is 29.5 Å². The van der Waals surface area contributed by atoms with Gasteiger partial charge in [0, 0.05) is 5.56 Å². The van der Waals surface area contributed by atoms with Gasteiger partial charge in [0.15, 0.2) is 0 Å². The molecule has 0 radical (unpaired) electrons. The van der Waals surface area contributed by atoms with Gasteiger partial charge in [-0.15, -0.1) is 0 Å². The van der Waals surface area contributed by atoms with Crippen LogP contribution < -0.4 is 10.1 Å². The lowest BCUT2D eigenvalue weighted by atomic mass is 9.76. The molecule has 3 aromatic rings. The zero-order valence-corrected chi connectivity index (χ0v) is 16.5. The zero-order chi connectivity index (χ0) is 20.6. The molecule has 5 nitrogen and oxygen atoms in total. The molecule has 0 aromatic heterocycles. The number of aryl methyl sites for hydroxylation is 1. The van der Waals surface area contributed by atoms with Gasteiger partial charge in [0.1, 0.15) is 17.0 Å². The van der Waals surface area contributed by atoms with Crippen LogP contribution in [-0.2, 0) is 23.3 Å². The normalized spacial score (nSPS) is 20.2. The number of benzene rings is 3. The van der Waals surface area contributed by atoms with Crippen molar-refractivity contribution >= 4 is 11.9 Å². The van der Waals surface area contributed by atoms with Crippen LogP contribution in [0.4, 0.5) is 4.79 Å². The Balaban J connectivity index is 1.45. The summed E-state index contributed by atoms with van der Waals surface area (Å²) in [5, 5.41) is 3.01. The van der Waals surface area contributed by atoms with Crippen LogP contribution in [0.25, 0.3) is 0 Å². The van der Waals surface area contributed by atoms with Crippen molar-refractivity contribution in [2.45, 2.75) is 31.3 Å². The molecule has 0 unspecified atom stereocenters. The van der Waals surface area contributed by atoms with E-state index in [-0.39, 0.29) is 18.5 Å². The fourth-order valence-corrected chi connectivity index (χ4v) is 4.47. The summed E-state index contributed by atoms with van der Waals surface area (Å²) in [6.07, 6.45) is 2.41. The van der Waals surface area contributed by atoms with Crippen LogP contribution in [0.5, 0.6) is 11.5 Å². The molecule has 5 rings (SSSR count). The fraction of sp³-hybridized carbons (Fsp3) is 0.200. The van der Waals surface area contributed by atoms with Crippen molar-refractivity contribution in [3.63, 3.8) is 0 Å². The van der Waals surface area contributed by atoms with Gasteiger partial charge >= 0.3 is 6.03 Å². The number of carbonyl (C=O) groups excluding carboxylic acids is 2. The van der Waals surface area contributed by atoms with E-state index in [9.17, 15) is 9.59 Å². The van der Waals surface area contributed by atoms with E-state index in [1.807, 2.05) is 78.9 Å². The molecular formula is C25H22N2O3. The Morgan fingerprint density at radius 2 is 1.63 bits per heavy atom.